The van der Waals surface area contributed by atoms with Gasteiger partial charge in [0.15, 0.2) is 0 Å². The lowest BCUT2D eigenvalue weighted by atomic mass is 10.2. The third kappa shape index (κ3) is 4.24. The van der Waals surface area contributed by atoms with Crippen LogP contribution in [0.1, 0.15) is 18.2 Å². The zero-order valence-electron chi connectivity index (χ0n) is 13.6. The lowest BCUT2D eigenvalue weighted by molar-refractivity contribution is -0.115. The van der Waals surface area contributed by atoms with Crippen molar-refractivity contribution in [2.24, 2.45) is 0 Å². The second-order valence-corrected chi connectivity index (χ2v) is 6.72. The number of halogens is 1. The number of hydrogen-bond donors (Lipinski definition) is 1. The minimum absolute atomic E-state index is 0.263. The fraction of sp³-hybridized carbons (Fsp3) is 0.250. The van der Waals surface area contributed by atoms with Crippen molar-refractivity contribution in [3.8, 4) is 0 Å². The van der Waals surface area contributed by atoms with Crippen LogP contribution in [0.4, 0.5) is 10.1 Å². The van der Waals surface area contributed by atoms with E-state index in [0.29, 0.717) is 28.7 Å². The van der Waals surface area contributed by atoms with Gasteiger partial charge in [0.05, 0.1) is 11.5 Å². The van der Waals surface area contributed by atoms with E-state index in [0.717, 1.165) is 0 Å². The Morgan fingerprint density at radius 1 is 1.44 bits per heavy atom. The quantitative estimate of drug-likeness (QED) is 0.680. The molecule has 0 aliphatic rings. The molecule has 1 aromatic carbocycles. The van der Waals surface area contributed by atoms with Crippen LogP contribution in [-0.4, -0.2) is 31.4 Å². The number of furan rings is 1. The molecule has 1 unspecified atom stereocenters. The Kier molecular flexibility index (Phi) is 5.13. The highest BCUT2D eigenvalue weighted by atomic mass is 32.2. The van der Waals surface area contributed by atoms with Gasteiger partial charge in [0.25, 0.3) is 0 Å². The molecule has 0 aliphatic heterocycles. The van der Waals surface area contributed by atoms with E-state index < -0.39 is 5.25 Å². The summed E-state index contributed by atoms with van der Waals surface area (Å²) >= 11 is 1.21. The number of carbonyl (C=O) groups is 1. The van der Waals surface area contributed by atoms with Gasteiger partial charge in [0.2, 0.25) is 11.1 Å². The van der Waals surface area contributed by atoms with Gasteiger partial charge in [0.1, 0.15) is 18.1 Å². The molecule has 9 heteroatoms. The summed E-state index contributed by atoms with van der Waals surface area (Å²) in [6.07, 6.45) is 1.57. The summed E-state index contributed by atoms with van der Waals surface area (Å²) in [5, 5.41) is 14.2. The number of anilines is 1. The molecule has 3 rings (SSSR count). The molecule has 130 valence electrons. The number of tetrazole rings is 1. The van der Waals surface area contributed by atoms with Gasteiger partial charge in [-0.05, 0) is 54.1 Å². The number of hydrogen-bond acceptors (Lipinski definition) is 6. The van der Waals surface area contributed by atoms with Crippen LogP contribution in [0.2, 0.25) is 0 Å². The summed E-state index contributed by atoms with van der Waals surface area (Å²) in [5.41, 5.74) is 0.938. The van der Waals surface area contributed by atoms with Crippen LogP contribution < -0.4 is 5.32 Å². The van der Waals surface area contributed by atoms with Gasteiger partial charge in [-0.3, -0.25) is 4.79 Å². The summed E-state index contributed by atoms with van der Waals surface area (Å²) in [6.45, 7) is 3.77. The van der Waals surface area contributed by atoms with Crippen LogP contribution in [0, 0.1) is 12.7 Å². The molecule has 0 saturated carbocycles. The molecule has 0 aliphatic carbocycles. The molecule has 0 spiro atoms. The van der Waals surface area contributed by atoms with Gasteiger partial charge >= 0.3 is 0 Å². The summed E-state index contributed by atoms with van der Waals surface area (Å²) in [4.78, 5) is 12.3. The van der Waals surface area contributed by atoms with Crippen LogP contribution in [0.5, 0.6) is 0 Å². The largest absolute Gasteiger partial charge is 0.467 e. The van der Waals surface area contributed by atoms with E-state index in [2.05, 4.69) is 20.8 Å². The maximum atomic E-state index is 13.6. The van der Waals surface area contributed by atoms with Crippen LogP contribution in [0.3, 0.4) is 0 Å². The second-order valence-electron chi connectivity index (χ2n) is 5.41. The summed E-state index contributed by atoms with van der Waals surface area (Å²) in [6, 6.07) is 8.17. The van der Waals surface area contributed by atoms with Crippen molar-refractivity contribution >= 4 is 23.4 Å². The van der Waals surface area contributed by atoms with Gasteiger partial charge in [-0.2, -0.15) is 0 Å². The van der Waals surface area contributed by atoms with Gasteiger partial charge in [0, 0.05) is 5.69 Å². The third-order valence-electron chi connectivity index (χ3n) is 3.48. The molecule has 1 amide bonds. The van der Waals surface area contributed by atoms with Gasteiger partial charge in [-0.15, -0.1) is 5.10 Å². The Hall–Kier alpha value is -2.68. The monoisotopic (exact) mass is 361 g/mol. The van der Waals surface area contributed by atoms with Crippen LogP contribution >= 0.6 is 11.8 Å². The molecule has 0 radical (unpaired) electrons. The first-order valence-corrected chi connectivity index (χ1v) is 8.43. The minimum Gasteiger partial charge on any atom is -0.467 e. The second kappa shape index (κ2) is 7.47. The van der Waals surface area contributed by atoms with E-state index in [4.69, 9.17) is 4.42 Å². The van der Waals surface area contributed by atoms with Gasteiger partial charge < -0.3 is 9.73 Å². The number of aromatic nitrogens is 4. The predicted octanol–water partition coefficient (Wildman–Crippen LogP) is 2.88. The van der Waals surface area contributed by atoms with Crippen molar-refractivity contribution in [1.29, 1.82) is 0 Å². The molecule has 0 saturated heterocycles. The fourth-order valence-electron chi connectivity index (χ4n) is 2.06. The average Bonchev–Trinajstić information content (AvgIpc) is 3.24. The first kappa shape index (κ1) is 17.2. The number of benzene rings is 1. The Labute approximate surface area is 147 Å². The number of nitrogens with one attached hydrogen (secondary N) is 1. The van der Waals surface area contributed by atoms with E-state index >= 15 is 0 Å². The highest BCUT2D eigenvalue weighted by molar-refractivity contribution is 8.00. The van der Waals surface area contributed by atoms with Crippen molar-refractivity contribution in [3.05, 3.63) is 53.7 Å². The Morgan fingerprint density at radius 3 is 3.00 bits per heavy atom. The van der Waals surface area contributed by atoms with Crippen molar-refractivity contribution in [3.63, 3.8) is 0 Å². The van der Waals surface area contributed by atoms with E-state index in [1.165, 1.54) is 17.8 Å². The van der Waals surface area contributed by atoms with Crippen LogP contribution in [0.15, 0.2) is 46.2 Å². The molecule has 7 nitrogen and oxygen atoms in total. The van der Waals surface area contributed by atoms with Crippen molar-refractivity contribution in [2.45, 2.75) is 30.8 Å². The molecule has 1 N–H and O–H groups in total. The molecule has 1 atom stereocenters. The van der Waals surface area contributed by atoms with E-state index in [-0.39, 0.29) is 11.7 Å². The van der Waals surface area contributed by atoms with E-state index in [9.17, 15) is 9.18 Å². The SMILES string of the molecule is Cc1ccc(NC(=O)C(C)Sc2nnnn2Cc2ccco2)cc1F. The molecule has 0 bridgehead atoms. The van der Waals surface area contributed by atoms with E-state index in [1.807, 2.05) is 6.07 Å². The highest BCUT2D eigenvalue weighted by Gasteiger charge is 2.19. The maximum absolute atomic E-state index is 13.6. The Bertz CT molecular complexity index is 865. The zero-order chi connectivity index (χ0) is 17.8. The topological polar surface area (TPSA) is 85.8 Å². The first-order chi connectivity index (χ1) is 12.0. The molecule has 2 aromatic heterocycles. The summed E-state index contributed by atoms with van der Waals surface area (Å²) < 4.78 is 20.4. The lowest BCUT2D eigenvalue weighted by Gasteiger charge is -2.12. The lowest BCUT2D eigenvalue weighted by Crippen LogP contribution is -2.23. The molecule has 0 fully saturated rings. The van der Waals surface area contributed by atoms with Crippen molar-refractivity contribution < 1.29 is 13.6 Å². The number of rotatable bonds is 6. The highest BCUT2D eigenvalue weighted by Crippen LogP contribution is 2.23. The molecular weight excluding hydrogens is 345 g/mol. The smallest absolute Gasteiger partial charge is 0.237 e. The zero-order valence-corrected chi connectivity index (χ0v) is 14.5. The van der Waals surface area contributed by atoms with Gasteiger partial charge in [-0.25, -0.2) is 9.07 Å². The maximum Gasteiger partial charge on any atom is 0.237 e. The number of aryl methyl sites for hydroxylation is 1. The molecule has 2 heterocycles. The summed E-state index contributed by atoms with van der Waals surface area (Å²) in [5.74, 6) is 0.0858. The molecule has 25 heavy (non-hydrogen) atoms. The number of amides is 1. The van der Waals surface area contributed by atoms with Crippen molar-refractivity contribution in [1.82, 2.24) is 20.2 Å². The third-order valence-corrected chi connectivity index (χ3v) is 4.55. The number of carbonyl (C=O) groups excluding carboxylic acids is 1. The normalized spacial score (nSPS) is 12.1. The minimum atomic E-state index is -0.467. The first-order valence-electron chi connectivity index (χ1n) is 7.55. The predicted molar refractivity (Wildman–Crippen MR) is 90.7 cm³/mol. The van der Waals surface area contributed by atoms with Crippen LogP contribution in [-0.2, 0) is 11.3 Å². The van der Waals surface area contributed by atoms with Gasteiger partial charge in [-0.1, -0.05) is 17.8 Å². The Morgan fingerprint density at radius 2 is 2.28 bits per heavy atom. The fourth-order valence-corrected chi connectivity index (χ4v) is 2.84. The number of thioether (sulfide) groups is 1. The number of nitrogens with zero attached hydrogens (tertiary/aromatic N) is 4. The van der Waals surface area contributed by atoms with Crippen LogP contribution in [0.25, 0.3) is 0 Å². The van der Waals surface area contributed by atoms with Crippen molar-refractivity contribution in [2.75, 3.05) is 5.32 Å². The van der Waals surface area contributed by atoms with E-state index in [1.54, 1.807) is 43.0 Å². The summed E-state index contributed by atoms with van der Waals surface area (Å²) in [7, 11) is 0. The molecular formula is C16H16FN5O2S. The standard InChI is InChI=1S/C16H16FN5O2S/c1-10-5-6-12(8-14(10)17)18-15(23)11(2)25-16-19-20-21-22(16)9-13-4-3-7-24-13/h3-8,11H,9H2,1-2H3,(H,18,23). The Balaban J connectivity index is 1.63. The average molecular weight is 361 g/mol. The molecule has 3 aromatic rings.